The Labute approximate surface area is 138 Å². The van der Waals surface area contributed by atoms with Crippen LogP contribution in [0.2, 0.25) is 0 Å². The van der Waals surface area contributed by atoms with E-state index in [2.05, 4.69) is 24.1 Å². The van der Waals surface area contributed by atoms with Crippen LogP contribution < -0.4 is 14.8 Å². The number of amides is 1. The van der Waals surface area contributed by atoms with E-state index in [0.29, 0.717) is 11.6 Å². The van der Waals surface area contributed by atoms with E-state index in [9.17, 15) is 4.79 Å². The third-order valence-electron chi connectivity index (χ3n) is 4.39. The highest BCUT2D eigenvalue weighted by molar-refractivity contribution is 7.13. The van der Waals surface area contributed by atoms with Crippen LogP contribution in [0.1, 0.15) is 37.2 Å². The summed E-state index contributed by atoms with van der Waals surface area (Å²) in [5, 5.41) is 5.71. The summed E-state index contributed by atoms with van der Waals surface area (Å²) in [4.78, 5) is 16.9. The maximum absolute atomic E-state index is 12.4. The van der Waals surface area contributed by atoms with Crippen molar-refractivity contribution < 1.29 is 14.3 Å². The Balaban J connectivity index is 1.53. The average Bonchev–Trinajstić information content (AvgIpc) is 3.10. The standard InChI is InChI=1S/C17H18N2O3S/c1-17(2,11-4-5-11)19-15(20)12-8-23-16(18-12)10-3-6-13-14(7-10)22-9-21-13/h3,6-8,11H,4-5,9H2,1-2H3,(H,19,20). The van der Waals surface area contributed by atoms with E-state index in [1.165, 1.54) is 24.2 Å². The first kappa shape index (κ1) is 14.5. The van der Waals surface area contributed by atoms with Gasteiger partial charge in [-0.05, 0) is 50.8 Å². The molecular formula is C17H18N2O3S. The third-order valence-corrected chi connectivity index (χ3v) is 5.28. The maximum Gasteiger partial charge on any atom is 0.271 e. The second-order valence-corrected chi connectivity index (χ2v) is 7.41. The summed E-state index contributed by atoms with van der Waals surface area (Å²) in [5.74, 6) is 1.94. The summed E-state index contributed by atoms with van der Waals surface area (Å²) in [7, 11) is 0. The molecule has 0 spiro atoms. The zero-order chi connectivity index (χ0) is 16.0. The van der Waals surface area contributed by atoms with Crippen molar-refractivity contribution in [2.75, 3.05) is 6.79 Å². The van der Waals surface area contributed by atoms with Gasteiger partial charge in [-0.1, -0.05) is 0 Å². The van der Waals surface area contributed by atoms with E-state index < -0.39 is 0 Å². The molecule has 1 fully saturated rings. The Morgan fingerprint density at radius 1 is 1.30 bits per heavy atom. The van der Waals surface area contributed by atoms with Crippen molar-refractivity contribution in [1.82, 2.24) is 10.3 Å². The number of thiazole rings is 1. The van der Waals surface area contributed by atoms with Gasteiger partial charge in [0.05, 0.1) is 0 Å². The van der Waals surface area contributed by atoms with Crippen LogP contribution in [0.15, 0.2) is 23.6 Å². The van der Waals surface area contributed by atoms with Gasteiger partial charge in [-0.25, -0.2) is 4.98 Å². The fourth-order valence-corrected chi connectivity index (χ4v) is 3.60. The quantitative estimate of drug-likeness (QED) is 0.932. The second-order valence-electron chi connectivity index (χ2n) is 6.56. The van der Waals surface area contributed by atoms with Crippen molar-refractivity contribution in [2.45, 2.75) is 32.2 Å². The topological polar surface area (TPSA) is 60.5 Å². The Hall–Kier alpha value is -2.08. The van der Waals surface area contributed by atoms with Gasteiger partial charge >= 0.3 is 0 Å². The summed E-state index contributed by atoms with van der Waals surface area (Å²) in [6.45, 7) is 4.40. The Morgan fingerprint density at radius 2 is 2.09 bits per heavy atom. The predicted octanol–water partition coefficient (Wildman–Crippen LogP) is 3.46. The zero-order valence-corrected chi connectivity index (χ0v) is 13.9. The Kier molecular flexibility index (Phi) is 3.30. The van der Waals surface area contributed by atoms with Gasteiger partial charge in [-0.15, -0.1) is 11.3 Å². The van der Waals surface area contributed by atoms with Gasteiger partial charge in [-0.2, -0.15) is 0 Å². The van der Waals surface area contributed by atoms with Crippen LogP contribution in [-0.4, -0.2) is 23.2 Å². The van der Waals surface area contributed by atoms with Gasteiger partial charge in [0.15, 0.2) is 11.5 Å². The normalized spacial score (nSPS) is 16.4. The zero-order valence-electron chi connectivity index (χ0n) is 13.1. The van der Waals surface area contributed by atoms with Crippen LogP contribution in [0.5, 0.6) is 11.5 Å². The van der Waals surface area contributed by atoms with E-state index >= 15 is 0 Å². The molecule has 2 aromatic rings. The number of nitrogens with zero attached hydrogens (tertiary/aromatic N) is 1. The fraction of sp³-hybridized carbons (Fsp3) is 0.412. The van der Waals surface area contributed by atoms with Crippen molar-refractivity contribution in [3.05, 3.63) is 29.3 Å². The number of fused-ring (bicyclic) bond motifs is 1. The molecule has 0 bridgehead atoms. The molecule has 1 aromatic heterocycles. The van der Waals surface area contributed by atoms with E-state index in [0.717, 1.165) is 22.1 Å². The number of aromatic nitrogens is 1. The largest absolute Gasteiger partial charge is 0.454 e. The summed E-state index contributed by atoms with van der Waals surface area (Å²) in [6, 6.07) is 5.70. The number of benzene rings is 1. The van der Waals surface area contributed by atoms with Crippen LogP contribution in [0.4, 0.5) is 0 Å². The molecule has 6 heteroatoms. The van der Waals surface area contributed by atoms with Crippen molar-refractivity contribution in [2.24, 2.45) is 5.92 Å². The molecule has 23 heavy (non-hydrogen) atoms. The Bertz CT molecular complexity index is 765. The monoisotopic (exact) mass is 330 g/mol. The molecule has 0 atom stereocenters. The van der Waals surface area contributed by atoms with E-state index in [1.54, 1.807) is 5.38 Å². The molecule has 0 saturated heterocycles. The SMILES string of the molecule is CC(C)(NC(=O)c1csc(-c2ccc3c(c2)OCO3)n1)C1CC1. The Morgan fingerprint density at radius 3 is 2.87 bits per heavy atom. The highest BCUT2D eigenvalue weighted by atomic mass is 32.1. The predicted molar refractivity (Wildman–Crippen MR) is 87.9 cm³/mol. The molecule has 2 aliphatic rings. The molecule has 1 saturated carbocycles. The van der Waals surface area contributed by atoms with Gasteiger partial charge in [0.25, 0.3) is 5.91 Å². The highest BCUT2D eigenvalue weighted by Crippen LogP contribution is 2.39. The summed E-state index contributed by atoms with van der Waals surface area (Å²) >= 11 is 1.46. The molecule has 120 valence electrons. The number of rotatable bonds is 4. The number of ether oxygens (including phenoxy) is 2. The molecule has 0 radical (unpaired) electrons. The molecular weight excluding hydrogens is 312 g/mol. The lowest BCUT2D eigenvalue weighted by Gasteiger charge is -2.25. The number of hydrogen-bond acceptors (Lipinski definition) is 5. The van der Waals surface area contributed by atoms with Crippen LogP contribution in [-0.2, 0) is 0 Å². The lowest BCUT2D eigenvalue weighted by molar-refractivity contribution is 0.0899. The number of hydrogen-bond donors (Lipinski definition) is 1. The molecule has 2 heterocycles. The van der Waals surface area contributed by atoms with Gasteiger partial charge in [0.2, 0.25) is 6.79 Å². The number of carbonyl (C=O) groups is 1. The van der Waals surface area contributed by atoms with E-state index in [4.69, 9.17) is 9.47 Å². The number of nitrogens with one attached hydrogen (secondary N) is 1. The molecule has 5 nitrogen and oxygen atoms in total. The third kappa shape index (κ3) is 2.79. The lowest BCUT2D eigenvalue weighted by Crippen LogP contribution is -2.45. The van der Waals surface area contributed by atoms with Crippen LogP contribution >= 0.6 is 11.3 Å². The van der Waals surface area contributed by atoms with E-state index in [-0.39, 0.29) is 18.2 Å². The van der Waals surface area contributed by atoms with Crippen molar-refractivity contribution >= 4 is 17.2 Å². The molecule has 4 rings (SSSR count). The fourth-order valence-electron chi connectivity index (χ4n) is 2.80. The van der Waals surface area contributed by atoms with Crippen molar-refractivity contribution in [3.8, 4) is 22.1 Å². The van der Waals surface area contributed by atoms with Crippen LogP contribution in [0.25, 0.3) is 10.6 Å². The minimum absolute atomic E-state index is 0.106. The number of carbonyl (C=O) groups excluding carboxylic acids is 1. The summed E-state index contributed by atoms with van der Waals surface area (Å²) in [5.41, 5.74) is 1.23. The minimum Gasteiger partial charge on any atom is -0.454 e. The molecule has 1 aliphatic carbocycles. The summed E-state index contributed by atoms with van der Waals surface area (Å²) in [6.07, 6.45) is 2.37. The first-order chi connectivity index (χ1) is 11.0. The second kappa shape index (κ2) is 5.23. The van der Waals surface area contributed by atoms with Crippen LogP contribution in [0, 0.1) is 5.92 Å². The first-order valence-corrected chi connectivity index (χ1v) is 8.59. The van der Waals surface area contributed by atoms with Gasteiger partial charge in [0.1, 0.15) is 10.7 Å². The van der Waals surface area contributed by atoms with E-state index in [1.807, 2.05) is 18.2 Å². The van der Waals surface area contributed by atoms with Crippen molar-refractivity contribution in [3.63, 3.8) is 0 Å². The molecule has 1 aromatic carbocycles. The van der Waals surface area contributed by atoms with Crippen molar-refractivity contribution in [1.29, 1.82) is 0 Å². The smallest absolute Gasteiger partial charge is 0.271 e. The van der Waals surface area contributed by atoms with Gasteiger partial charge < -0.3 is 14.8 Å². The minimum atomic E-state index is -0.167. The lowest BCUT2D eigenvalue weighted by atomic mass is 9.99. The first-order valence-electron chi connectivity index (χ1n) is 7.71. The highest BCUT2D eigenvalue weighted by Gasteiger charge is 2.39. The van der Waals surface area contributed by atoms with Gasteiger partial charge in [-0.3, -0.25) is 4.79 Å². The summed E-state index contributed by atoms with van der Waals surface area (Å²) < 4.78 is 10.7. The maximum atomic E-state index is 12.4. The molecule has 1 amide bonds. The van der Waals surface area contributed by atoms with Crippen LogP contribution in [0.3, 0.4) is 0 Å². The van der Waals surface area contributed by atoms with Gasteiger partial charge in [0, 0.05) is 16.5 Å². The average molecular weight is 330 g/mol. The molecule has 0 unspecified atom stereocenters. The molecule has 1 aliphatic heterocycles. The molecule has 1 N–H and O–H groups in total.